The first-order valence-corrected chi connectivity index (χ1v) is 7.49. The average molecular weight is 319 g/mol. The first kappa shape index (κ1) is 15.6. The third kappa shape index (κ3) is 3.73. The number of para-hydroxylation sites is 3. The van der Waals surface area contributed by atoms with Crippen molar-refractivity contribution in [2.45, 2.75) is 0 Å². The van der Waals surface area contributed by atoms with Gasteiger partial charge in [0.05, 0.1) is 7.11 Å². The summed E-state index contributed by atoms with van der Waals surface area (Å²) in [4.78, 5) is 4.44. The SMILES string of the molecule is COc1ccc(O)c(C=Nc2ccccc2Oc2ccccc2)c1. The summed E-state index contributed by atoms with van der Waals surface area (Å²) < 4.78 is 11.0. The summed E-state index contributed by atoms with van der Waals surface area (Å²) in [6.45, 7) is 0. The van der Waals surface area contributed by atoms with Crippen LogP contribution < -0.4 is 9.47 Å². The van der Waals surface area contributed by atoms with Gasteiger partial charge in [0.2, 0.25) is 0 Å². The molecule has 4 nitrogen and oxygen atoms in total. The summed E-state index contributed by atoms with van der Waals surface area (Å²) in [5.74, 6) is 2.18. The van der Waals surface area contributed by atoms with Gasteiger partial charge >= 0.3 is 0 Å². The number of aromatic hydroxyl groups is 1. The maximum atomic E-state index is 9.93. The third-order valence-electron chi connectivity index (χ3n) is 3.41. The monoisotopic (exact) mass is 319 g/mol. The molecule has 3 aromatic carbocycles. The number of hydrogen-bond acceptors (Lipinski definition) is 4. The van der Waals surface area contributed by atoms with Crippen LogP contribution in [-0.4, -0.2) is 18.4 Å². The number of hydrogen-bond donors (Lipinski definition) is 1. The first-order chi connectivity index (χ1) is 11.8. The van der Waals surface area contributed by atoms with Crippen LogP contribution in [0.3, 0.4) is 0 Å². The molecular formula is C20H17NO3. The Hall–Kier alpha value is -3.27. The van der Waals surface area contributed by atoms with E-state index in [4.69, 9.17) is 9.47 Å². The van der Waals surface area contributed by atoms with Crippen LogP contribution in [-0.2, 0) is 0 Å². The molecule has 120 valence electrons. The van der Waals surface area contributed by atoms with Crippen LogP contribution in [0.15, 0.2) is 77.8 Å². The number of aliphatic imine (C=N–C) groups is 1. The highest BCUT2D eigenvalue weighted by molar-refractivity contribution is 5.86. The molecule has 3 rings (SSSR count). The molecule has 0 atom stereocenters. The van der Waals surface area contributed by atoms with Crippen molar-refractivity contribution < 1.29 is 14.6 Å². The van der Waals surface area contributed by atoms with Gasteiger partial charge in [0.15, 0.2) is 5.75 Å². The largest absolute Gasteiger partial charge is 0.507 e. The minimum atomic E-state index is 0.140. The molecule has 0 saturated heterocycles. The van der Waals surface area contributed by atoms with E-state index >= 15 is 0 Å². The Labute approximate surface area is 140 Å². The van der Waals surface area contributed by atoms with Crippen molar-refractivity contribution in [2.75, 3.05) is 7.11 Å². The predicted molar refractivity (Wildman–Crippen MR) is 94.9 cm³/mol. The van der Waals surface area contributed by atoms with E-state index in [1.807, 2.05) is 54.6 Å². The molecule has 0 aliphatic heterocycles. The van der Waals surface area contributed by atoms with Crippen molar-refractivity contribution >= 4 is 11.9 Å². The number of methoxy groups -OCH3 is 1. The highest BCUT2D eigenvalue weighted by atomic mass is 16.5. The van der Waals surface area contributed by atoms with Crippen LogP contribution in [0, 0.1) is 0 Å². The van der Waals surface area contributed by atoms with Crippen LogP contribution in [0.1, 0.15) is 5.56 Å². The van der Waals surface area contributed by atoms with Crippen molar-refractivity contribution in [1.82, 2.24) is 0 Å². The predicted octanol–water partition coefficient (Wildman–Crippen LogP) is 4.94. The van der Waals surface area contributed by atoms with Crippen LogP contribution in [0.25, 0.3) is 0 Å². The molecule has 0 aromatic heterocycles. The summed E-state index contributed by atoms with van der Waals surface area (Å²) in [5, 5.41) is 9.93. The Bertz CT molecular complexity index is 845. The van der Waals surface area contributed by atoms with Gasteiger partial charge in [-0.25, -0.2) is 0 Å². The standard InChI is InChI=1S/C20H17NO3/c1-23-17-11-12-19(22)15(13-17)14-21-18-9-5-6-10-20(18)24-16-7-3-2-4-8-16/h2-14,22H,1H3. The average Bonchev–Trinajstić information content (AvgIpc) is 2.63. The molecule has 0 aliphatic rings. The van der Waals surface area contributed by atoms with E-state index in [0.29, 0.717) is 22.7 Å². The fourth-order valence-corrected chi connectivity index (χ4v) is 2.17. The maximum Gasteiger partial charge on any atom is 0.153 e. The number of phenols is 1. The molecule has 0 saturated carbocycles. The van der Waals surface area contributed by atoms with Gasteiger partial charge in [-0.1, -0.05) is 30.3 Å². The Kier molecular flexibility index (Phi) is 4.77. The van der Waals surface area contributed by atoms with Crippen LogP contribution in [0.4, 0.5) is 5.69 Å². The molecule has 0 spiro atoms. The molecule has 0 amide bonds. The van der Waals surface area contributed by atoms with E-state index < -0.39 is 0 Å². The lowest BCUT2D eigenvalue weighted by atomic mass is 10.2. The van der Waals surface area contributed by atoms with E-state index in [0.717, 1.165) is 5.75 Å². The van der Waals surface area contributed by atoms with Gasteiger partial charge in [-0.05, 0) is 42.5 Å². The highest BCUT2D eigenvalue weighted by Gasteiger charge is 2.04. The second-order valence-electron chi connectivity index (χ2n) is 5.07. The summed E-state index contributed by atoms with van der Waals surface area (Å²) in [7, 11) is 1.58. The molecule has 0 fully saturated rings. The Morgan fingerprint density at radius 2 is 1.62 bits per heavy atom. The highest BCUT2D eigenvalue weighted by Crippen LogP contribution is 2.31. The molecule has 24 heavy (non-hydrogen) atoms. The summed E-state index contributed by atoms with van der Waals surface area (Å²) >= 11 is 0. The first-order valence-electron chi connectivity index (χ1n) is 7.49. The quantitative estimate of drug-likeness (QED) is 0.677. The van der Waals surface area contributed by atoms with Crippen molar-refractivity contribution in [2.24, 2.45) is 4.99 Å². The van der Waals surface area contributed by atoms with Crippen molar-refractivity contribution in [3.05, 3.63) is 78.4 Å². The van der Waals surface area contributed by atoms with E-state index in [9.17, 15) is 5.11 Å². The summed E-state index contributed by atoms with van der Waals surface area (Å²) in [6.07, 6.45) is 1.59. The smallest absolute Gasteiger partial charge is 0.153 e. The Balaban J connectivity index is 1.88. The van der Waals surface area contributed by atoms with Crippen molar-refractivity contribution in [3.63, 3.8) is 0 Å². The molecule has 0 unspecified atom stereocenters. The summed E-state index contributed by atoms with van der Waals surface area (Å²) in [5.41, 5.74) is 1.24. The molecule has 0 bridgehead atoms. The normalized spacial score (nSPS) is 10.7. The molecule has 3 aromatic rings. The van der Waals surface area contributed by atoms with Crippen molar-refractivity contribution in [3.8, 4) is 23.0 Å². The fraction of sp³-hybridized carbons (Fsp3) is 0.0500. The van der Waals surface area contributed by atoms with Gasteiger partial charge < -0.3 is 14.6 Å². The van der Waals surface area contributed by atoms with Crippen LogP contribution in [0.5, 0.6) is 23.0 Å². The number of rotatable bonds is 5. The number of phenolic OH excluding ortho intramolecular Hbond substituents is 1. The van der Waals surface area contributed by atoms with E-state index in [-0.39, 0.29) is 5.75 Å². The number of ether oxygens (including phenoxy) is 2. The zero-order chi connectivity index (χ0) is 16.8. The zero-order valence-corrected chi connectivity index (χ0v) is 13.2. The van der Waals surface area contributed by atoms with E-state index in [1.165, 1.54) is 0 Å². The second-order valence-corrected chi connectivity index (χ2v) is 5.07. The van der Waals surface area contributed by atoms with Gasteiger partial charge in [-0.3, -0.25) is 4.99 Å². The lowest BCUT2D eigenvalue weighted by Gasteiger charge is -2.08. The Morgan fingerprint density at radius 1 is 0.875 bits per heavy atom. The minimum Gasteiger partial charge on any atom is -0.507 e. The maximum absolute atomic E-state index is 9.93. The van der Waals surface area contributed by atoms with E-state index in [1.54, 1.807) is 31.5 Å². The molecule has 0 heterocycles. The zero-order valence-electron chi connectivity index (χ0n) is 13.2. The second kappa shape index (κ2) is 7.33. The van der Waals surface area contributed by atoms with E-state index in [2.05, 4.69) is 4.99 Å². The topological polar surface area (TPSA) is 51.0 Å². The van der Waals surface area contributed by atoms with Gasteiger partial charge in [-0.2, -0.15) is 0 Å². The third-order valence-corrected chi connectivity index (χ3v) is 3.41. The Morgan fingerprint density at radius 3 is 2.42 bits per heavy atom. The number of benzene rings is 3. The molecule has 4 heteroatoms. The molecular weight excluding hydrogens is 302 g/mol. The van der Waals surface area contributed by atoms with Gasteiger partial charge in [-0.15, -0.1) is 0 Å². The molecule has 0 aliphatic carbocycles. The lowest BCUT2D eigenvalue weighted by Crippen LogP contribution is -1.88. The molecule has 0 radical (unpaired) electrons. The summed E-state index contributed by atoms with van der Waals surface area (Å²) in [6, 6.07) is 22.0. The lowest BCUT2D eigenvalue weighted by molar-refractivity contribution is 0.412. The van der Waals surface area contributed by atoms with Gasteiger partial charge in [0.1, 0.15) is 22.9 Å². The van der Waals surface area contributed by atoms with Gasteiger partial charge in [0.25, 0.3) is 0 Å². The minimum absolute atomic E-state index is 0.140. The number of nitrogens with zero attached hydrogens (tertiary/aromatic N) is 1. The fourth-order valence-electron chi connectivity index (χ4n) is 2.17. The van der Waals surface area contributed by atoms with Crippen LogP contribution in [0.2, 0.25) is 0 Å². The van der Waals surface area contributed by atoms with Crippen molar-refractivity contribution in [1.29, 1.82) is 0 Å². The van der Waals surface area contributed by atoms with Gasteiger partial charge in [0, 0.05) is 11.8 Å². The molecule has 1 N–H and O–H groups in total. The van der Waals surface area contributed by atoms with Crippen LogP contribution >= 0.6 is 0 Å².